The summed E-state index contributed by atoms with van der Waals surface area (Å²) in [5, 5.41) is 3.11. The van der Waals surface area contributed by atoms with Gasteiger partial charge in [0.25, 0.3) is 0 Å². The Morgan fingerprint density at radius 1 is 1.50 bits per heavy atom. The number of benzene rings is 1. The highest BCUT2D eigenvalue weighted by Gasteiger charge is 2.14. The van der Waals surface area contributed by atoms with Crippen LogP contribution in [0, 0.1) is 5.82 Å². The first-order chi connectivity index (χ1) is 9.60. The van der Waals surface area contributed by atoms with E-state index in [1.807, 2.05) is 6.92 Å². The molecule has 1 aromatic carbocycles. The zero-order valence-electron chi connectivity index (χ0n) is 12.0. The molecule has 0 unspecified atom stereocenters. The van der Waals surface area contributed by atoms with E-state index in [0.29, 0.717) is 37.5 Å². The maximum absolute atomic E-state index is 14.0. The van der Waals surface area contributed by atoms with E-state index in [1.165, 1.54) is 6.07 Å². The Kier molecular flexibility index (Phi) is 6.97. The van der Waals surface area contributed by atoms with Gasteiger partial charge in [0, 0.05) is 38.0 Å². The summed E-state index contributed by atoms with van der Waals surface area (Å²) in [4.78, 5) is 12.9. The fourth-order valence-electron chi connectivity index (χ4n) is 1.96. The molecular weight excluding hydrogens is 261 g/mol. The number of carbonyl (C=O) groups excluding carboxylic acids is 1. The van der Waals surface area contributed by atoms with Crippen LogP contribution < -0.4 is 16.0 Å². The molecule has 20 heavy (non-hydrogen) atoms. The Balaban J connectivity index is 2.88. The second-order valence-corrected chi connectivity index (χ2v) is 4.39. The minimum absolute atomic E-state index is 0.0744. The number of likely N-dealkylation sites (N-methyl/N-ethyl adjacent to an activating group) is 1. The highest BCUT2D eigenvalue weighted by Crippen LogP contribution is 2.23. The number of primary amides is 1. The molecule has 3 N–H and O–H groups in total. The van der Waals surface area contributed by atoms with Gasteiger partial charge in [-0.2, -0.15) is 0 Å². The van der Waals surface area contributed by atoms with E-state index < -0.39 is 5.91 Å². The smallest absolute Gasteiger partial charge is 0.236 e. The second-order valence-electron chi connectivity index (χ2n) is 4.39. The van der Waals surface area contributed by atoms with E-state index in [-0.39, 0.29) is 12.4 Å². The number of nitrogens with two attached hydrogens (primary N) is 1. The Morgan fingerprint density at radius 2 is 2.25 bits per heavy atom. The fraction of sp³-hybridized carbons (Fsp3) is 0.500. The van der Waals surface area contributed by atoms with E-state index in [4.69, 9.17) is 10.5 Å². The van der Waals surface area contributed by atoms with Crippen LogP contribution >= 0.6 is 0 Å². The third-order valence-electron chi connectivity index (χ3n) is 2.95. The van der Waals surface area contributed by atoms with E-state index in [1.54, 1.807) is 24.1 Å². The average Bonchev–Trinajstić information content (AvgIpc) is 2.42. The molecular formula is C14H22FN3O2. The third-order valence-corrected chi connectivity index (χ3v) is 2.95. The van der Waals surface area contributed by atoms with Crippen molar-refractivity contribution in [2.24, 2.45) is 5.73 Å². The summed E-state index contributed by atoms with van der Waals surface area (Å²) in [7, 11) is 1.61. The first-order valence-electron chi connectivity index (χ1n) is 6.60. The molecule has 6 heteroatoms. The van der Waals surface area contributed by atoms with Gasteiger partial charge in [-0.3, -0.25) is 4.79 Å². The van der Waals surface area contributed by atoms with Crippen LogP contribution in [-0.2, 0) is 16.1 Å². The molecule has 0 atom stereocenters. The van der Waals surface area contributed by atoms with Gasteiger partial charge >= 0.3 is 0 Å². The maximum atomic E-state index is 14.0. The standard InChI is InChI=1S/C14H22FN3O2/c1-3-18(10-14(16)19)13-6-4-5-12(15)11(13)9-17-7-8-20-2/h4-6,17H,3,7-10H2,1-2H3,(H2,16,19). The van der Waals surface area contributed by atoms with Crippen LogP contribution in [0.3, 0.4) is 0 Å². The van der Waals surface area contributed by atoms with Crippen molar-refractivity contribution in [1.82, 2.24) is 5.32 Å². The normalized spacial score (nSPS) is 10.6. The Morgan fingerprint density at radius 3 is 2.85 bits per heavy atom. The van der Waals surface area contributed by atoms with Gasteiger partial charge in [0.1, 0.15) is 5.82 Å². The largest absolute Gasteiger partial charge is 0.383 e. The molecule has 0 bridgehead atoms. The summed E-state index contributed by atoms with van der Waals surface area (Å²) >= 11 is 0. The van der Waals surface area contributed by atoms with Crippen LogP contribution in [0.5, 0.6) is 0 Å². The van der Waals surface area contributed by atoms with Crippen molar-refractivity contribution in [3.05, 3.63) is 29.6 Å². The first-order valence-corrected chi connectivity index (χ1v) is 6.60. The van der Waals surface area contributed by atoms with Gasteiger partial charge in [0.15, 0.2) is 0 Å². The number of halogens is 1. The van der Waals surface area contributed by atoms with Crippen molar-refractivity contribution in [2.45, 2.75) is 13.5 Å². The molecule has 0 aliphatic carbocycles. The number of hydrogen-bond acceptors (Lipinski definition) is 4. The molecule has 1 rings (SSSR count). The first kappa shape index (κ1) is 16.4. The number of anilines is 1. The minimum atomic E-state index is -0.436. The van der Waals surface area contributed by atoms with E-state index >= 15 is 0 Å². The molecule has 0 aliphatic rings. The predicted molar refractivity (Wildman–Crippen MR) is 77.1 cm³/mol. The van der Waals surface area contributed by atoms with E-state index in [0.717, 1.165) is 0 Å². The zero-order valence-corrected chi connectivity index (χ0v) is 12.0. The lowest BCUT2D eigenvalue weighted by Crippen LogP contribution is -2.34. The Bertz CT molecular complexity index is 440. The lowest BCUT2D eigenvalue weighted by atomic mass is 10.1. The van der Waals surface area contributed by atoms with Gasteiger partial charge in [0.2, 0.25) is 5.91 Å². The molecule has 0 saturated carbocycles. The van der Waals surface area contributed by atoms with Crippen molar-refractivity contribution in [3.8, 4) is 0 Å². The molecule has 5 nitrogen and oxygen atoms in total. The van der Waals surface area contributed by atoms with Gasteiger partial charge in [-0.05, 0) is 19.1 Å². The molecule has 1 aromatic rings. The average molecular weight is 283 g/mol. The number of rotatable bonds is 9. The SMILES string of the molecule is CCN(CC(N)=O)c1cccc(F)c1CNCCOC. The Labute approximate surface area is 118 Å². The van der Waals surface area contributed by atoms with Gasteiger partial charge in [0.05, 0.1) is 13.2 Å². The quantitative estimate of drug-likeness (QED) is 0.660. The van der Waals surface area contributed by atoms with Gasteiger partial charge < -0.3 is 20.7 Å². The number of methoxy groups -OCH3 is 1. The predicted octanol–water partition coefficient (Wildman–Crippen LogP) is 0.873. The zero-order chi connectivity index (χ0) is 15.0. The molecule has 112 valence electrons. The summed E-state index contributed by atoms with van der Waals surface area (Å²) in [5.74, 6) is -0.732. The summed E-state index contributed by atoms with van der Waals surface area (Å²) in [5.41, 5.74) is 6.45. The lowest BCUT2D eigenvalue weighted by Gasteiger charge is -2.24. The molecule has 0 saturated heterocycles. The van der Waals surface area contributed by atoms with Crippen LogP contribution in [-0.4, -0.2) is 39.3 Å². The number of nitrogens with one attached hydrogen (secondary N) is 1. The topological polar surface area (TPSA) is 67.6 Å². The van der Waals surface area contributed by atoms with Crippen molar-refractivity contribution >= 4 is 11.6 Å². The van der Waals surface area contributed by atoms with Gasteiger partial charge in [-0.25, -0.2) is 4.39 Å². The highest BCUT2D eigenvalue weighted by molar-refractivity contribution is 5.80. The number of amides is 1. The number of ether oxygens (including phenoxy) is 1. The lowest BCUT2D eigenvalue weighted by molar-refractivity contribution is -0.116. The molecule has 0 radical (unpaired) electrons. The van der Waals surface area contributed by atoms with E-state index in [2.05, 4.69) is 5.32 Å². The Hall–Kier alpha value is -1.66. The second kappa shape index (κ2) is 8.50. The van der Waals surface area contributed by atoms with Crippen LogP contribution in [0.25, 0.3) is 0 Å². The van der Waals surface area contributed by atoms with Crippen molar-refractivity contribution in [1.29, 1.82) is 0 Å². The fourth-order valence-corrected chi connectivity index (χ4v) is 1.96. The van der Waals surface area contributed by atoms with Gasteiger partial charge in [-0.1, -0.05) is 6.07 Å². The number of hydrogen-bond donors (Lipinski definition) is 2. The monoisotopic (exact) mass is 283 g/mol. The molecule has 0 aliphatic heterocycles. The van der Waals surface area contributed by atoms with Crippen molar-refractivity contribution < 1.29 is 13.9 Å². The molecule has 1 amide bonds. The van der Waals surface area contributed by atoms with Crippen LogP contribution in [0.2, 0.25) is 0 Å². The number of nitrogens with zero attached hydrogens (tertiary/aromatic N) is 1. The third kappa shape index (κ3) is 4.79. The molecule has 0 spiro atoms. The highest BCUT2D eigenvalue weighted by atomic mass is 19.1. The van der Waals surface area contributed by atoms with Crippen molar-refractivity contribution in [2.75, 3.05) is 38.3 Å². The minimum Gasteiger partial charge on any atom is -0.383 e. The molecule has 0 fully saturated rings. The molecule has 0 aromatic heterocycles. The summed E-state index contributed by atoms with van der Waals surface area (Å²) in [6.07, 6.45) is 0. The van der Waals surface area contributed by atoms with Crippen LogP contribution in [0.1, 0.15) is 12.5 Å². The van der Waals surface area contributed by atoms with Crippen LogP contribution in [0.4, 0.5) is 10.1 Å². The van der Waals surface area contributed by atoms with Gasteiger partial charge in [-0.15, -0.1) is 0 Å². The molecule has 0 heterocycles. The summed E-state index contributed by atoms with van der Waals surface area (Å²) < 4.78 is 18.9. The summed E-state index contributed by atoms with van der Waals surface area (Å²) in [6.45, 7) is 4.12. The van der Waals surface area contributed by atoms with Crippen molar-refractivity contribution in [3.63, 3.8) is 0 Å². The summed E-state index contributed by atoms with van der Waals surface area (Å²) in [6, 6.07) is 4.84. The maximum Gasteiger partial charge on any atom is 0.236 e. The van der Waals surface area contributed by atoms with Crippen LogP contribution in [0.15, 0.2) is 18.2 Å². The van der Waals surface area contributed by atoms with E-state index in [9.17, 15) is 9.18 Å². The number of carbonyl (C=O) groups is 1.